The second kappa shape index (κ2) is 6.53. The molecule has 8 nitrogen and oxygen atoms in total. The Kier molecular flexibility index (Phi) is 4.04. The van der Waals surface area contributed by atoms with Crippen molar-refractivity contribution in [2.75, 3.05) is 37.7 Å². The van der Waals surface area contributed by atoms with Gasteiger partial charge in [-0.3, -0.25) is 4.79 Å². The van der Waals surface area contributed by atoms with Gasteiger partial charge in [0, 0.05) is 42.8 Å². The van der Waals surface area contributed by atoms with Crippen LogP contribution < -0.4 is 16.4 Å². The summed E-state index contributed by atoms with van der Waals surface area (Å²) in [6.45, 7) is 3.91. The van der Waals surface area contributed by atoms with Gasteiger partial charge in [-0.1, -0.05) is 6.07 Å². The third-order valence-electron chi connectivity index (χ3n) is 5.95. The van der Waals surface area contributed by atoms with Crippen LogP contribution in [0.25, 0.3) is 11.4 Å². The number of fused-ring (bicyclic) bond motifs is 2. The van der Waals surface area contributed by atoms with Gasteiger partial charge in [0.25, 0.3) is 5.91 Å². The van der Waals surface area contributed by atoms with Crippen LogP contribution in [0.1, 0.15) is 21.6 Å². The SMILES string of the molecule is Cc1c(F)cccc1Nc1c(-c2ccnc(N)n2)[nH]c2c1C(=O)NCC21CN(C)C1. The van der Waals surface area contributed by atoms with Crippen LogP contribution >= 0.6 is 0 Å². The zero-order valence-electron chi connectivity index (χ0n) is 16.7. The largest absolute Gasteiger partial charge is 0.368 e. The van der Waals surface area contributed by atoms with E-state index >= 15 is 0 Å². The van der Waals surface area contributed by atoms with E-state index in [9.17, 15) is 9.18 Å². The maximum absolute atomic E-state index is 14.2. The van der Waals surface area contributed by atoms with E-state index in [4.69, 9.17) is 5.73 Å². The molecule has 0 saturated carbocycles. The molecule has 0 unspecified atom stereocenters. The number of amides is 1. The van der Waals surface area contributed by atoms with E-state index in [0.29, 0.717) is 40.4 Å². The summed E-state index contributed by atoms with van der Waals surface area (Å²) in [5.41, 5.74) is 9.81. The molecular weight excluding hydrogens is 385 g/mol. The summed E-state index contributed by atoms with van der Waals surface area (Å²) in [7, 11) is 2.05. The number of aromatic amines is 1. The molecule has 0 atom stereocenters. The molecule has 2 aliphatic rings. The van der Waals surface area contributed by atoms with E-state index in [2.05, 4.69) is 30.5 Å². The molecule has 0 aliphatic carbocycles. The number of nitrogen functional groups attached to an aromatic ring is 1. The fourth-order valence-electron chi connectivity index (χ4n) is 4.52. The van der Waals surface area contributed by atoms with Crippen molar-refractivity contribution >= 4 is 23.2 Å². The number of benzene rings is 1. The molecule has 1 fully saturated rings. The molecule has 154 valence electrons. The number of likely N-dealkylation sites (tertiary alicyclic amines) is 1. The van der Waals surface area contributed by atoms with E-state index in [0.717, 1.165) is 18.8 Å². The van der Waals surface area contributed by atoms with Crippen LogP contribution in [0.15, 0.2) is 30.5 Å². The average Bonchev–Trinajstić information content (AvgIpc) is 3.07. The number of nitrogens with zero attached hydrogens (tertiary/aromatic N) is 3. The smallest absolute Gasteiger partial charge is 0.255 e. The highest BCUT2D eigenvalue weighted by Crippen LogP contribution is 2.44. The Morgan fingerprint density at radius 1 is 1.30 bits per heavy atom. The first kappa shape index (κ1) is 18.6. The lowest BCUT2D eigenvalue weighted by Crippen LogP contribution is -2.65. The lowest BCUT2D eigenvalue weighted by atomic mass is 9.73. The van der Waals surface area contributed by atoms with Crippen molar-refractivity contribution in [2.45, 2.75) is 12.3 Å². The zero-order chi connectivity index (χ0) is 21.0. The number of hydrogen-bond acceptors (Lipinski definition) is 6. The Hall–Kier alpha value is -3.46. The van der Waals surface area contributed by atoms with Crippen molar-refractivity contribution in [3.63, 3.8) is 0 Å². The van der Waals surface area contributed by atoms with Gasteiger partial charge in [-0.25, -0.2) is 14.4 Å². The third kappa shape index (κ3) is 2.73. The second-order valence-electron chi connectivity index (χ2n) is 8.10. The average molecular weight is 407 g/mol. The number of hydrogen-bond donors (Lipinski definition) is 4. The zero-order valence-corrected chi connectivity index (χ0v) is 16.7. The Labute approximate surface area is 172 Å². The van der Waals surface area contributed by atoms with E-state index < -0.39 is 0 Å². The third-order valence-corrected chi connectivity index (χ3v) is 5.95. The molecule has 0 radical (unpaired) electrons. The van der Waals surface area contributed by atoms with Crippen molar-refractivity contribution < 1.29 is 9.18 Å². The lowest BCUT2D eigenvalue weighted by molar-refractivity contribution is 0.0690. The van der Waals surface area contributed by atoms with E-state index in [1.807, 2.05) is 7.05 Å². The molecule has 4 heterocycles. The molecule has 30 heavy (non-hydrogen) atoms. The van der Waals surface area contributed by atoms with Gasteiger partial charge in [0.2, 0.25) is 5.95 Å². The first-order chi connectivity index (χ1) is 14.4. The Bertz CT molecular complexity index is 1170. The summed E-state index contributed by atoms with van der Waals surface area (Å²) >= 11 is 0. The number of likely N-dealkylation sites (N-methyl/N-ethyl adjacent to an activating group) is 1. The summed E-state index contributed by atoms with van der Waals surface area (Å²) in [6, 6.07) is 6.55. The van der Waals surface area contributed by atoms with Crippen LogP contribution in [0, 0.1) is 12.7 Å². The molecule has 5 N–H and O–H groups in total. The molecule has 9 heteroatoms. The first-order valence-corrected chi connectivity index (χ1v) is 9.72. The topological polar surface area (TPSA) is 112 Å². The van der Waals surface area contributed by atoms with E-state index in [-0.39, 0.29) is 23.1 Å². The lowest BCUT2D eigenvalue weighted by Gasteiger charge is -2.50. The van der Waals surface area contributed by atoms with Gasteiger partial charge in [-0.15, -0.1) is 0 Å². The number of carbonyl (C=O) groups excluding carboxylic acids is 1. The monoisotopic (exact) mass is 407 g/mol. The number of H-pyrrole nitrogens is 1. The number of halogens is 1. The summed E-state index contributed by atoms with van der Waals surface area (Å²) in [5.74, 6) is -0.361. The minimum Gasteiger partial charge on any atom is -0.368 e. The highest BCUT2D eigenvalue weighted by Gasteiger charge is 2.50. The minimum atomic E-state index is -0.321. The van der Waals surface area contributed by atoms with Gasteiger partial charge in [-0.2, -0.15) is 0 Å². The van der Waals surface area contributed by atoms with Crippen LogP contribution in [-0.2, 0) is 5.41 Å². The number of anilines is 3. The summed E-state index contributed by atoms with van der Waals surface area (Å²) in [5, 5.41) is 6.31. The van der Waals surface area contributed by atoms with Crippen LogP contribution in [0.5, 0.6) is 0 Å². The molecule has 0 bridgehead atoms. The van der Waals surface area contributed by atoms with Gasteiger partial charge in [-0.05, 0) is 32.2 Å². The van der Waals surface area contributed by atoms with Crippen LogP contribution in [0.4, 0.5) is 21.7 Å². The molecule has 5 rings (SSSR count). The van der Waals surface area contributed by atoms with Gasteiger partial charge >= 0.3 is 0 Å². The fourth-order valence-corrected chi connectivity index (χ4v) is 4.52. The van der Waals surface area contributed by atoms with Crippen molar-refractivity contribution in [1.82, 2.24) is 25.2 Å². The standard InChI is InChI=1S/C21H22FN7O/c1-11-12(22)4-3-5-13(11)26-17-15-18(21(8-25-19(15)30)9-29(2)10-21)28-16(17)14-6-7-24-20(23)27-14/h3-7,26,28H,8-10H2,1-2H3,(H,25,30)(H2,23,24,27). The van der Waals surface area contributed by atoms with Gasteiger partial charge < -0.3 is 26.3 Å². The Morgan fingerprint density at radius 3 is 2.83 bits per heavy atom. The number of carbonyl (C=O) groups is 1. The van der Waals surface area contributed by atoms with Crippen molar-refractivity contribution in [2.24, 2.45) is 0 Å². The van der Waals surface area contributed by atoms with Crippen molar-refractivity contribution in [1.29, 1.82) is 0 Å². The highest BCUT2D eigenvalue weighted by atomic mass is 19.1. The maximum Gasteiger partial charge on any atom is 0.255 e. The molecule has 1 aromatic carbocycles. The van der Waals surface area contributed by atoms with E-state index in [1.165, 1.54) is 6.07 Å². The van der Waals surface area contributed by atoms with Crippen molar-refractivity contribution in [3.8, 4) is 11.4 Å². The molecule has 1 saturated heterocycles. The molecule has 2 aromatic heterocycles. The quantitative estimate of drug-likeness (QED) is 0.529. The highest BCUT2D eigenvalue weighted by molar-refractivity contribution is 6.06. The van der Waals surface area contributed by atoms with Gasteiger partial charge in [0.05, 0.1) is 28.1 Å². The number of nitrogens with two attached hydrogens (primary N) is 1. The molecule has 1 spiro atoms. The summed E-state index contributed by atoms with van der Waals surface area (Å²) in [6.07, 6.45) is 1.57. The minimum absolute atomic E-state index is 0.135. The molecular formula is C21H22FN7O. The Balaban J connectivity index is 1.72. The Morgan fingerprint density at radius 2 is 2.10 bits per heavy atom. The molecule has 2 aliphatic heterocycles. The summed E-state index contributed by atoms with van der Waals surface area (Å²) < 4.78 is 14.2. The van der Waals surface area contributed by atoms with Crippen LogP contribution in [-0.4, -0.2) is 52.4 Å². The second-order valence-corrected chi connectivity index (χ2v) is 8.10. The fraction of sp³-hybridized carbons (Fsp3) is 0.286. The number of aromatic nitrogens is 3. The number of rotatable bonds is 3. The summed E-state index contributed by atoms with van der Waals surface area (Å²) in [4.78, 5) is 26.9. The molecule has 3 aromatic rings. The predicted octanol–water partition coefficient (Wildman–Crippen LogP) is 2.17. The maximum atomic E-state index is 14.2. The first-order valence-electron chi connectivity index (χ1n) is 9.72. The number of nitrogens with one attached hydrogen (secondary N) is 3. The van der Waals surface area contributed by atoms with E-state index in [1.54, 1.807) is 31.3 Å². The predicted molar refractivity (Wildman–Crippen MR) is 112 cm³/mol. The van der Waals surface area contributed by atoms with Crippen LogP contribution in [0.2, 0.25) is 0 Å². The van der Waals surface area contributed by atoms with Crippen molar-refractivity contribution in [3.05, 3.63) is 53.1 Å². The van der Waals surface area contributed by atoms with Crippen LogP contribution in [0.3, 0.4) is 0 Å². The normalized spacial score (nSPS) is 17.4. The molecule has 1 amide bonds. The van der Waals surface area contributed by atoms with Gasteiger partial charge in [0.1, 0.15) is 5.82 Å². The van der Waals surface area contributed by atoms with Gasteiger partial charge in [0.15, 0.2) is 0 Å².